The first-order valence-electron chi connectivity index (χ1n) is 8.10. The number of aromatic nitrogens is 1. The summed E-state index contributed by atoms with van der Waals surface area (Å²) in [5, 5.41) is 1.69. The van der Waals surface area contributed by atoms with Gasteiger partial charge >= 0.3 is 5.97 Å². The number of esters is 1. The van der Waals surface area contributed by atoms with Crippen LogP contribution in [0.1, 0.15) is 42.7 Å². The molecule has 24 heavy (non-hydrogen) atoms. The van der Waals surface area contributed by atoms with E-state index in [2.05, 4.69) is 24.9 Å². The molecule has 0 radical (unpaired) electrons. The molecule has 0 aliphatic carbocycles. The smallest absolute Gasteiger partial charge is 0.355 e. The van der Waals surface area contributed by atoms with Crippen LogP contribution in [0.25, 0.3) is 22.0 Å². The Morgan fingerprint density at radius 1 is 1.17 bits per heavy atom. The van der Waals surface area contributed by atoms with Crippen molar-refractivity contribution in [2.45, 2.75) is 26.7 Å². The molecule has 3 nitrogen and oxygen atoms in total. The fourth-order valence-corrected chi connectivity index (χ4v) is 3.12. The Labute approximate surface area is 146 Å². The average Bonchev–Trinajstić information content (AvgIpc) is 2.95. The summed E-state index contributed by atoms with van der Waals surface area (Å²) in [6, 6.07) is 13.7. The van der Waals surface area contributed by atoms with Crippen molar-refractivity contribution in [1.82, 2.24) is 4.98 Å². The lowest BCUT2D eigenvalue weighted by atomic mass is 9.97. The van der Waals surface area contributed by atoms with E-state index in [-0.39, 0.29) is 5.97 Å². The number of hydrogen-bond acceptors (Lipinski definition) is 2. The maximum absolute atomic E-state index is 12.5. The molecule has 2 aromatic carbocycles. The first kappa shape index (κ1) is 16.6. The number of para-hydroxylation sites is 1. The molecule has 0 saturated heterocycles. The normalized spacial score (nSPS) is 11.2. The number of benzene rings is 2. The van der Waals surface area contributed by atoms with Crippen molar-refractivity contribution >= 4 is 28.5 Å². The molecule has 1 heterocycles. The second kappa shape index (κ2) is 6.70. The standard InChI is InChI=1S/C20H20ClNO2/c1-4-24-20(23)19-17(13-8-10-14(21)11-9-13)16-7-5-6-15(12(2)3)18(16)22-19/h5-12,22H,4H2,1-3H3. The molecule has 0 aliphatic rings. The summed E-state index contributed by atoms with van der Waals surface area (Å²) in [5.74, 6) is 0.00817. The molecule has 0 amide bonds. The topological polar surface area (TPSA) is 42.1 Å². The summed E-state index contributed by atoms with van der Waals surface area (Å²) < 4.78 is 5.25. The van der Waals surface area contributed by atoms with E-state index in [1.54, 1.807) is 0 Å². The Hall–Kier alpha value is -2.26. The highest BCUT2D eigenvalue weighted by atomic mass is 35.5. The molecular weight excluding hydrogens is 322 g/mol. The number of fused-ring (bicyclic) bond motifs is 1. The van der Waals surface area contributed by atoms with E-state index in [1.807, 2.05) is 43.3 Å². The molecule has 124 valence electrons. The minimum Gasteiger partial charge on any atom is -0.461 e. The first-order valence-corrected chi connectivity index (χ1v) is 8.48. The van der Waals surface area contributed by atoms with Gasteiger partial charge in [-0.1, -0.05) is 55.8 Å². The molecular formula is C20H20ClNO2. The van der Waals surface area contributed by atoms with Crippen LogP contribution in [0.3, 0.4) is 0 Å². The number of rotatable bonds is 4. The van der Waals surface area contributed by atoms with Crippen molar-refractivity contribution in [2.75, 3.05) is 6.61 Å². The van der Waals surface area contributed by atoms with E-state index in [9.17, 15) is 4.79 Å². The van der Waals surface area contributed by atoms with Gasteiger partial charge in [-0.25, -0.2) is 4.79 Å². The van der Waals surface area contributed by atoms with Crippen LogP contribution in [0.15, 0.2) is 42.5 Å². The van der Waals surface area contributed by atoms with Gasteiger partial charge in [0, 0.05) is 16.0 Å². The van der Waals surface area contributed by atoms with E-state index < -0.39 is 0 Å². The summed E-state index contributed by atoms with van der Waals surface area (Å²) in [5.41, 5.74) is 4.46. The van der Waals surface area contributed by atoms with Gasteiger partial charge in [-0.2, -0.15) is 0 Å². The van der Waals surface area contributed by atoms with Gasteiger partial charge in [-0.05, 0) is 36.1 Å². The van der Waals surface area contributed by atoms with Crippen molar-refractivity contribution in [1.29, 1.82) is 0 Å². The van der Waals surface area contributed by atoms with Gasteiger partial charge in [0.15, 0.2) is 0 Å². The molecule has 0 unspecified atom stereocenters. The van der Waals surface area contributed by atoms with Crippen molar-refractivity contribution in [3.8, 4) is 11.1 Å². The molecule has 4 heteroatoms. The molecule has 0 spiro atoms. The summed E-state index contributed by atoms with van der Waals surface area (Å²) in [6.45, 7) is 6.43. The predicted molar refractivity (Wildman–Crippen MR) is 98.8 cm³/mol. The fourth-order valence-electron chi connectivity index (χ4n) is 2.99. The van der Waals surface area contributed by atoms with E-state index >= 15 is 0 Å². The van der Waals surface area contributed by atoms with Gasteiger partial charge in [0.1, 0.15) is 5.69 Å². The lowest BCUT2D eigenvalue weighted by molar-refractivity contribution is 0.0521. The third kappa shape index (κ3) is 2.92. The molecule has 3 rings (SSSR count). The second-order valence-corrected chi connectivity index (χ2v) is 6.46. The SMILES string of the molecule is CCOC(=O)c1[nH]c2c(C(C)C)cccc2c1-c1ccc(Cl)cc1. The Bertz CT molecular complexity index is 879. The van der Waals surface area contributed by atoms with E-state index in [1.165, 1.54) is 5.56 Å². The maximum atomic E-state index is 12.5. The molecule has 0 saturated carbocycles. The van der Waals surface area contributed by atoms with Gasteiger partial charge in [-0.15, -0.1) is 0 Å². The molecule has 0 bridgehead atoms. The number of aromatic amines is 1. The number of carbonyl (C=O) groups excluding carboxylic acids is 1. The van der Waals surface area contributed by atoms with Crippen molar-refractivity contribution < 1.29 is 9.53 Å². The van der Waals surface area contributed by atoms with Crippen molar-refractivity contribution in [3.63, 3.8) is 0 Å². The van der Waals surface area contributed by atoms with Gasteiger partial charge in [0.25, 0.3) is 0 Å². The lowest BCUT2D eigenvalue weighted by Crippen LogP contribution is -2.06. The van der Waals surface area contributed by atoms with Gasteiger partial charge in [0.2, 0.25) is 0 Å². The molecule has 3 aromatic rings. The van der Waals surface area contributed by atoms with E-state index in [0.29, 0.717) is 23.2 Å². The number of halogens is 1. The number of nitrogens with one attached hydrogen (secondary N) is 1. The molecule has 0 atom stereocenters. The van der Waals surface area contributed by atoms with Crippen LogP contribution in [0.4, 0.5) is 0 Å². The quantitative estimate of drug-likeness (QED) is 0.610. The van der Waals surface area contributed by atoms with Gasteiger partial charge < -0.3 is 9.72 Å². The van der Waals surface area contributed by atoms with Crippen LogP contribution in [-0.2, 0) is 4.74 Å². The van der Waals surface area contributed by atoms with Gasteiger partial charge in [-0.3, -0.25) is 0 Å². The average molecular weight is 342 g/mol. The Balaban J connectivity index is 2.31. The van der Waals surface area contributed by atoms with E-state index in [4.69, 9.17) is 16.3 Å². The third-order valence-corrected chi connectivity index (χ3v) is 4.35. The highest BCUT2D eigenvalue weighted by molar-refractivity contribution is 6.30. The minimum absolute atomic E-state index is 0.339. The Morgan fingerprint density at radius 2 is 1.88 bits per heavy atom. The third-order valence-electron chi connectivity index (χ3n) is 4.10. The van der Waals surface area contributed by atoms with Crippen LogP contribution in [0.2, 0.25) is 5.02 Å². The highest BCUT2D eigenvalue weighted by Crippen LogP contribution is 2.36. The van der Waals surface area contributed by atoms with Crippen molar-refractivity contribution in [2.24, 2.45) is 0 Å². The van der Waals surface area contributed by atoms with E-state index in [0.717, 1.165) is 22.0 Å². The summed E-state index contributed by atoms with van der Waals surface area (Å²) in [6.07, 6.45) is 0. The summed E-state index contributed by atoms with van der Waals surface area (Å²) in [4.78, 5) is 15.8. The predicted octanol–water partition coefficient (Wildman–Crippen LogP) is 5.79. The lowest BCUT2D eigenvalue weighted by Gasteiger charge is -2.07. The number of hydrogen-bond donors (Lipinski definition) is 1. The maximum Gasteiger partial charge on any atom is 0.355 e. The number of carbonyl (C=O) groups is 1. The Morgan fingerprint density at radius 3 is 2.50 bits per heavy atom. The van der Waals surface area contributed by atoms with Crippen LogP contribution >= 0.6 is 11.6 Å². The summed E-state index contributed by atoms with van der Waals surface area (Å²) in [7, 11) is 0. The molecule has 0 aliphatic heterocycles. The Kier molecular flexibility index (Phi) is 4.63. The fraction of sp³-hybridized carbons (Fsp3) is 0.250. The van der Waals surface area contributed by atoms with Crippen LogP contribution in [-0.4, -0.2) is 17.6 Å². The molecule has 1 N–H and O–H groups in total. The molecule has 0 fully saturated rings. The van der Waals surface area contributed by atoms with Gasteiger partial charge in [0.05, 0.1) is 12.1 Å². The van der Waals surface area contributed by atoms with Crippen molar-refractivity contribution in [3.05, 3.63) is 58.7 Å². The monoisotopic (exact) mass is 341 g/mol. The summed E-state index contributed by atoms with van der Waals surface area (Å²) >= 11 is 6.01. The van der Waals surface area contributed by atoms with Crippen LogP contribution < -0.4 is 0 Å². The number of ether oxygens (including phenoxy) is 1. The minimum atomic E-state index is -0.339. The zero-order valence-corrected chi connectivity index (χ0v) is 14.8. The van der Waals surface area contributed by atoms with Crippen LogP contribution in [0.5, 0.6) is 0 Å². The van der Waals surface area contributed by atoms with Crippen LogP contribution in [0, 0.1) is 0 Å². The zero-order valence-electron chi connectivity index (χ0n) is 14.0. The second-order valence-electron chi connectivity index (χ2n) is 6.03. The highest BCUT2D eigenvalue weighted by Gasteiger charge is 2.22. The molecule has 1 aromatic heterocycles. The number of H-pyrrole nitrogens is 1. The first-order chi connectivity index (χ1) is 11.5. The zero-order chi connectivity index (χ0) is 17.3. The largest absolute Gasteiger partial charge is 0.461 e.